The maximum Gasteiger partial charge on any atom is 0.137 e. The van der Waals surface area contributed by atoms with Gasteiger partial charge in [0.2, 0.25) is 0 Å². The zero-order chi connectivity index (χ0) is 15.4. The molecule has 0 aromatic heterocycles. The highest BCUT2D eigenvalue weighted by Gasteiger charge is 2.17. The molecule has 0 radical (unpaired) electrons. The molecule has 0 aliphatic heterocycles. The van der Waals surface area contributed by atoms with Crippen molar-refractivity contribution in [2.75, 3.05) is 6.54 Å². The van der Waals surface area contributed by atoms with Gasteiger partial charge in [0, 0.05) is 16.1 Å². The molecule has 1 unspecified atom stereocenters. The highest BCUT2D eigenvalue weighted by atomic mass is 79.9. The van der Waals surface area contributed by atoms with E-state index in [0.717, 1.165) is 17.7 Å². The van der Waals surface area contributed by atoms with Gasteiger partial charge in [0.1, 0.15) is 5.82 Å². The lowest BCUT2D eigenvalue weighted by Gasteiger charge is -2.21. The van der Waals surface area contributed by atoms with Crippen molar-refractivity contribution >= 4 is 39.1 Å². The van der Waals surface area contributed by atoms with E-state index in [1.807, 2.05) is 19.1 Å². The highest BCUT2D eigenvalue weighted by molar-refractivity contribution is 9.10. The summed E-state index contributed by atoms with van der Waals surface area (Å²) in [5.41, 5.74) is 1.80. The van der Waals surface area contributed by atoms with Gasteiger partial charge in [-0.2, -0.15) is 0 Å². The van der Waals surface area contributed by atoms with Gasteiger partial charge in [0.25, 0.3) is 0 Å². The normalized spacial score (nSPS) is 12.4. The molecule has 21 heavy (non-hydrogen) atoms. The molecule has 2 aromatic carbocycles. The second-order valence-corrected chi connectivity index (χ2v) is 6.33. The van der Waals surface area contributed by atoms with E-state index in [1.54, 1.807) is 18.2 Å². The van der Waals surface area contributed by atoms with Crippen LogP contribution >= 0.6 is 39.1 Å². The fraction of sp³-hybridized carbons (Fsp3) is 0.250. The Hall–Kier alpha value is -0.610. The topological polar surface area (TPSA) is 12.0 Å². The molecule has 5 heteroatoms. The third-order valence-corrected chi connectivity index (χ3v) is 4.71. The van der Waals surface area contributed by atoms with Crippen LogP contribution < -0.4 is 5.32 Å². The highest BCUT2D eigenvalue weighted by Crippen LogP contribution is 2.31. The number of benzene rings is 2. The van der Waals surface area contributed by atoms with Crippen LogP contribution in [-0.2, 0) is 6.42 Å². The molecule has 0 amide bonds. The van der Waals surface area contributed by atoms with Gasteiger partial charge >= 0.3 is 0 Å². The number of hydrogen-bond donors (Lipinski definition) is 1. The molecular formula is C16H15BrCl2FN. The summed E-state index contributed by atoms with van der Waals surface area (Å²) in [7, 11) is 0. The van der Waals surface area contributed by atoms with Gasteiger partial charge in [0.15, 0.2) is 0 Å². The van der Waals surface area contributed by atoms with E-state index >= 15 is 0 Å². The fourth-order valence-corrected chi connectivity index (χ4v) is 3.10. The van der Waals surface area contributed by atoms with Crippen molar-refractivity contribution < 1.29 is 4.39 Å². The predicted molar refractivity (Wildman–Crippen MR) is 90.7 cm³/mol. The first-order valence-corrected chi connectivity index (χ1v) is 8.19. The van der Waals surface area contributed by atoms with Crippen molar-refractivity contribution in [1.82, 2.24) is 5.32 Å². The zero-order valence-electron chi connectivity index (χ0n) is 11.5. The molecule has 2 aromatic rings. The number of halogens is 4. The lowest BCUT2D eigenvalue weighted by atomic mass is 9.98. The minimum absolute atomic E-state index is 0.0284. The van der Waals surface area contributed by atoms with E-state index in [-0.39, 0.29) is 11.9 Å². The summed E-state index contributed by atoms with van der Waals surface area (Å²) in [4.78, 5) is 0. The summed E-state index contributed by atoms with van der Waals surface area (Å²) in [6.45, 7) is 2.80. The van der Waals surface area contributed by atoms with E-state index in [4.69, 9.17) is 23.2 Å². The maximum absolute atomic E-state index is 13.6. The van der Waals surface area contributed by atoms with Crippen LogP contribution in [0.25, 0.3) is 0 Å². The molecule has 0 heterocycles. The Labute approximate surface area is 142 Å². The molecule has 0 fully saturated rings. The Morgan fingerprint density at radius 1 is 1.24 bits per heavy atom. The van der Waals surface area contributed by atoms with E-state index in [2.05, 4.69) is 21.2 Å². The van der Waals surface area contributed by atoms with Crippen molar-refractivity contribution in [3.05, 3.63) is 67.9 Å². The molecular weight excluding hydrogens is 376 g/mol. The summed E-state index contributed by atoms with van der Waals surface area (Å²) in [6, 6.07) is 10.4. The Bertz CT molecular complexity index is 634. The van der Waals surface area contributed by atoms with Crippen LogP contribution in [0.5, 0.6) is 0 Å². The van der Waals surface area contributed by atoms with Crippen molar-refractivity contribution in [3.63, 3.8) is 0 Å². The molecule has 0 aliphatic carbocycles. The lowest BCUT2D eigenvalue weighted by molar-refractivity contribution is 0.545. The van der Waals surface area contributed by atoms with Gasteiger partial charge in [-0.1, -0.05) is 42.3 Å². The summed E-state index contributed by atoms with van der Waals surface area (Å²) in [6.07, 6.45) is 0.617. The number of nitrogens with one attached hydrogen (secondary N) is 1. The molecule has 0 aliphatic rings. The molecule has 0 bridgehead atoms. The van der Waals surface area contributed by atoms with Crippen molar-refractivity contribution in [1.29, 1.82) is 0 Å². The van der Waals surface area contributed by atoms with Gasteiger partial charge in [-0.05, 0) is 64.3 Å². The molecule has 0 saturated heterocycles. The van der Waals surface area contributed by atoms with E-state index in [1.165, 1.54) is 6.07 Å². The summed E-state index contributed by atoms with van der Waals surface area (Å²) in [5, 5.41) is 4.66. The SMILES string of the molecule is CCNC(Cc1cccc(F)c1Br)c1cc(Cl)ccc1Cl. The minimum atomic E-state index is -0.264. The summed E-state index contributed by atoms with van der Waals surface area (Å²) >= 11 is 15.6. The Morgan fingerprint density at radius 2 is 2.00 bits per heavy atom. The number of hydrogen-bond acceptors (Lipinski definition) is 1. The second kappa shape index (κ2) is 7.59. The van der Waals surface area contributed by atoms with Gasteiger partial charge in [-0.25, -0.2) is 4.39 Å². The molecule has 1 atom stereocenters. The van der Waals surface area contributed by atoms with E-state index < -0.39 is 0 Å². The number of rotatable bonds is 5. The molecule has 1 nitrogen and oxygen atoms in total. The smallest absolute Gasteiger partial charge is 0.137 e. The third-order valence-electron chi connectivity index (χ3n) is 3.24. The largest absolute Gasteiger partial charge is 0.310 e. The lowest BCUT2D eigenvalue weighted by Crippen LogP contribution is -2.23. The first-order chi connectivity index (χ1) is 10.0. The quantitative estimate of drug-likeness (QED) is 0.681. The predicted octanol–water partition coefficient (Wildman–Crippen LogP) is 5.79. The standard InChI is InChI=1S/C16H15BrCl2FN/c1-2-21-15(12-9-11(18)6-7-13(12)19)8-10-4-3-5-14(20)16(10)17/h3-7,9,15,21H,2,8H2,1H3. The van der Waals surface area contributed by atoms with Crippen LogP contribution in [0.15, 0.2) is 40.9 Å². The van der Waals surface area contributed by atoms with Crippen LogP contribution in [0.4, 0.5) is 4.39 Å². The second-order valence-electron chi connectivity index (χ2n) is 4.69. The maximum atomic E-state index is 13.6. The first-order valence-electron chi connectivity index (χ1n) is 6.64. The van der Waals surface area contributed by atoms with Crippen LogP contribution in [0, 0.1) is 5.82 Å². The van der Waals surface area contributed by atoms with Crippen molar-refractivity contribution in [2.24, 2.45) is 0 Å². The minimum Gasteiger partial charge on any atom is -0.310 e. The van der Waals surface area contributed by atoms with Gasteiger partial charge in [0.05, 0.1) is 4.47 Å². The average Bonchev–Trinajstić information content (AvgIpc) is 2.46. The molecule has 0 saturated carbocycles. The molecule has 112 valence electrons. The molecule has 1 N–H and O–H groups in total. The van der Waals surface area contributed by atoms with Crippen LogP contribution in [0.2, 0.25) is 10.0 Å². The Kier molecular flexibility index (Phi) is 6.06. The van der Waals surface area contributed by atoms with Gasteiger partial charge < -0.3 is 5.32 Å². The van der Waals surface area contributed by atoms with Gasteiger partial charge in [-0.15, -0.1) is 0 Å². The van der Waals surface area contributed by atoms with E-state index in [0.29, 0.717) is 20.9 Å². The zero-order valence-corrected chi connectivity index (χ0v) is 14.6. The molecule has 2 rings (SSSR count). The van der Waals surface area contributed by atoms with Gasteiger partial charge in [-0.3, -0.25) is 0 Å². The Morgan fingerprint density at radius 3 is 2.71 bits per heavy atom. The molecule has 0 spiro atoms. The number of likely N-dealkylation sites (N-methyl/N-ethyl adjacent to an activating group) is 1. The third kappa shape index (κ3) is 4.19. The summed E-state index contributed by atoms with van der Waals surface area (Å²) < 4.78 is 14.1. The van der Waals surface area contributed by atoms with Crippen molar-refractivity contribution in [2.45, 2.75) is 19.4 Å². The summed E-state index contributed by atoms with van der Waals surface area (Å²) in [5.74, 6) is -0.264. The van der Waals surface area contributed by atoms with Crippen LogP contribution in [0.1, 0.15) is 24.1 Å². The fourth-order valence-electron chi connectivity index (χ4n) is 2.25. The first kappa shape index (κ1) is 16.8. The van der Waals surface area contributed by atoms with Crippen molar-refractivity contribution in [3.8, 4) is 0 Å². The van der Waals surface area contributed by atoms with E-state index in [9.17, 15) is 4.39 Å². The monoisotopic (exact) mass is 389 g/mol. The average molecular weight is 391 g/mol. The van der Waals surface area contributed by atoms with Crippen LogP contribution in [0.3, 0.4) is 0 Å². The Balaban J connectivity index is 2.35. The van der Waals surface area contributed by atoms with Crippen LogP contribution in [-0.4, -0.2) is 6.54 Å².